The van der Waals surface area contributed by atoms with Gasteiger partial charge in [0.1, 0.15) is 0 Å². The molecule has 4 nitrogen and oxygen atoms in total. The molecule has 2 unspecified atom stereocenters. The summed E-state index contributed by atoms with van der Waals surface area (Å²) in [4.78, 5) is 0. The van der Waals surface area contributed by atoms with Crippen LogP contribution in [0.15, 0.2) is 0 Å². The van der Waals surface area contributed by atoms with E-state index in [4.69, 9.17) is 4.74 Å². The van der Waals surface area contributed by atoms with Crippen LogP contribution in [0.5, 0.6) is 0 Å². The molecule has 1 saturated heterocycles. The van der Waals surface area contributed by atoms with Crippen LogP contribution in [0.4, 0.5) is 0 Å². The van der Waals surface area contributed by atoms with Gasteiger partial charge in [-0.1, -0.05) is 0 Å². The summed E-state index contributed by atoms with van der Waals surface area (Å²) in [6, 6.07) is -0.109. The number of rotatable bonds is 3. The number of nitrogens with one attached hydrogen (secondary N) is 1. The fourth-order valence-electron chi connectivity index (χ4n) is 1.41. The highest BCUT2D eigenvalue weighted by atomic mass is 32.2. The van der Waals surface area contributed by atoms with E-state index in [0.717, 1.165) is 19.4 Å². The van der Waals surface area contributed by atoms with Crippen molar-refractivity contribution in [1.82, 2.24) is 4.72 Å². The standard InChI is InChI=1S/C7H15NO3S/c1-6(8-12(2,9)10)7-4-3-5-11-7/h6-8H,3-5H2,1-2H3. The van der Waals surface area contributed by atoms with E-state index >= 15 is 0 Å². The van der Waals surface area contributed by atoms with E-state index in [1.54, 1.807) is 0 Å². The van der Waals surface area contributed by atoms with Gasteiger partial charge in [-0.15, -0.1) is 0 Å². The Bertz CT molecular complexity index is 231. The molecule has 0 aromatic rings. The zero-order valence-electron chi connectivity index (χ0n) is 7.41. The second kappa shape index (κ2) is 3.72. The fourth-order valence-corrected chi connectivity index (χ4v) is 2.24. The second-order valence-corrected chi connectivity index (χ2v) is 5.01. The van der Waals surface area contributed by atoms with Gasteiger partial charge in [-0.05, 0) is 19.8 Å². The SMILES string of the molecule is CC(NS(C)(=O)=O)C1CCCO1. The quantitative estimate of drug-likeness (QED) is 0.691. The molecule has 1 fully saturated rings. The lowest BCUT2D eigenvalue weighted by atomic mass is 10.1. The summed E-state index contributed by atoms with van der Waals surface area (Å²) in [5.41, 5.74) is 0. The predicted molar refractivity (Wildman–Crippen MR) is 46.4 cm³/mol. The molecule has 1 aliphatic heterocycles. The van der Waals surface area contributed by atoms with Gasteiger partial charge in [0.05, 0.1) is 12.4 Å². The molecule has 0 amide bonds. The van der Waals surface area contributed by atoms with Crippen LogP contribution in [0.2, 0.25) is 0 Å². The van der Waals surface area contributed by atoms with E-state index in [1.807, 2.05) is 6.92 Å². The lowest BCUT2D eigenvalue weighted by Gasteiger charge is -2.18. The van der Waals surface area contributed by atoms with Crippen LogP contribution in [0.1, 0.15) is 19.8 Å². The molecule has 5 heteroatoms. The summed E-state index contributed by atoms with van der Waals surface area (Å²) in [6.45, 7) is 2.58. The van der Waals surface area contributed by atoms with Gasteiger partial charge in [-0.3, -0.25) is 0 Å². The summed E-state index contributed by atoms with van der Waals surface area (Å²) < 4.78 is 29.5. The number of sulfonamides is 1. The van der Waals surface area contributed by atoms with Crippen molar-refractivity contribution in [3.63, 3.8) is 0 Å². The van der Waals surface area contributed by atoms with Crippen LogP contribution in [-0.4, -0.2) is 33.4 Å². The molecular formula is C7H15NO3S. The maximum Gasteiger partial charge on any atom is 0.209 e. The molecular weight excluding hydrogens is 178 g/mol. The largest absolute Gasteiger partial charge is 0.377 e. The normalized spacial score (nSPS) is 27.3. The van der Waals surface area contributed by atoms with Gasteiger partial charge in [0.2, 0.25) is 10.0 Å². The molecule has 1 rings (SSSR count). The lowest BCUT2D eigenvalue weighted by molar-refractivity contribution is 0.0903. The monoisotopic (exact) mass is 193 g/mol. The Balaban J connectivity index is 2.42. The Morgan fingerprint density at radius 3 is 2.67 bits per heavy atom. The summed E-state index contributed by atoms with van der Waals surface area (Å²) in [7, 11) is -3.09. The molecule has 2 atom stereocenters. The highest BCUT2D eigenvalue weighted by Crippen LogP contribution is 2.15. The van der Waals surface area contributed by atoms with Crippen molar-refractivity contribution in [2.45, 2.75) is 31.9 Å². The van der Waals surface area contributed by atoms with Crippen molar-refractivity contribution in [3.05, 3.63) is 0 Å². The average molecular weight is 193 g/mol. The fraction of sp³-hybridized carbons (Fsp3) is 1.00. The molecule has 72 valence electrons. The Kier molecular flexibility index (Phi) is 3.09. The molecule has 0 bridgehead atoms. The molecule has 0 aromatic heterocycles. The Morgan fingerprint density at radius 1 is 1.58 bits per heavy atom. The minimum Gasteiger partial charge on any atom is -0.377 e. The third-order valence-corrected chi connectivity index (χ3v) is 2.72. The molecule has 1 heterocycles. The minimum atomic E-state index is -3.09. The van der Waals surface area contributed by atoms with Crippen LogP contribution >= 0.6 is 0 Å². The topological polar surface area (TPSA) is 55.4 Å². The van der Waals surface area contributed by atoms with E-state index in [2.05, 4.69) is 4.72 Å². The zero-order chi connectivity index (χ0) is 9.19. The number of hydrogen-bond donors (Lipinski definition) is 1. The van der Waals surface area contributed by atoms with Crippen LogP contribution in [0.3, 0.4) is 0 Å². The van der Waals surface area contributed by atoms with Gasteiger partial charge >= 0.3 is 0 Å². The summed E-state index contributed by atoms with van der Waals surface area (Å²) in [5.74, 6) is 0. The van der Waals surface area contributed by atoms with Gasteiger partial charge in [-0.2, -0.15) is 0 Å². The zero-order valence-corrected chi connectivity index (χ0v) is 8.23. The molecule has 12 heavy (non-hydrogen) atoms. The second-order valence-electron chi connectivity index (χ2n) is 3.23. The number of ether oxygens (including phenoxy) is 1. The van der Waals surface area contributed by atoms with E-state index in [0.29, 0.717) is 0 Å². The predicted octanol–water partition coefficient (Wildman–Crippen LogP) is 0.103. The Morgan fingerprint density at radius 2 is 2.25 bits per heavy atom. The Hall–Kier alpha value is -0.130. The Labute approximate surface area is 73.3 Å². The van der Waals surface area contributed by atoms with Gasteiger partial charge < -0.3 is 4.74 Å². The molecule has 1 aliphatic rings. The van der Waals surface area contributed by atoms with Gasteiger partial charge in [0.15, 0.2) is 0 Å². The highest BCUT2D eigenvalue weighted by molar-refractivity contribution is 7.88. The van der Waals surface area contributed by atoms with E-state index in [1.165, 1.54) is 6.26 Å². The van der Waals surface area contributed by atoms with Crippen molar-refractivity contribution in [1.29, 1.82) is 0 Å². The summed E-state index contributed by atoms with van der Waals surface area (Å²) in [6.07, 6.45) is 3.20. The highest BCUT2D eigenvalue weighted by Gasteiger charge is 2.24. The van der Waals surface area contributed by atoms with Gasteiger partial charge in [0, 0.05) is 12.6 Å². The van der Waals surface area contributed by atoms with Crippen molar-refractivity contribution in [3.8, 4) is 0 Å². The first-order chi connectivity index (χ1) is 5.49. The third-order valence-electron chi connectivity index (χ3n) is 1.92. The minimum absolute atomic E-state index is 0.0553. The first-order valence-corrected chi connectivity index (χ1v) is 5.97. The van der Waals surface area contributed by atoms with E-state index in [-0.39, 0.29) is 12.1 Å². The van der Waals surface area contributed by atoms with Crippen LogP contribution in [0, 0.1) is 0 Å². The molecule has 0 aliphatic carbocycles. The van der Waals surface area contributed by atoms with Crippen LogP contribution in [0.25, 0.3) is 0 Å². The smallest absolute Gasteiger partial charge is 0.209 e. The van der Waals surface area contributed by atoms with Crippen molar-refractivity contribution in [2.75, 3.05) is 12.9 Å². The first-order valence-electron chi connectivity index (χ1n) is 4.08. The van der Waals surface area contributed by atoms with Gasteiger partial charge in [0.25, 0.3) is 0 Å². The third kappa shape index (κ3) is 3.08. The van der Waals surface area contributed by atoms with E-state index < -0.39 is 10.0 Å². The molecule has 0 radical (unpaired) electrons. The van der Waals surface area contributed by atoms with Crippen molar-refractivity contribution >= 4 is 10.0 Å². The van der Waals surface area contributed by atoms with Crippen LogP contribution < -0.4 is 4.72 Å². The average Bonchev–Trinajstić information content (AvgIpc) is 2.32. The molecule has 1 N–H and O–H groups in total. The van der Waals surface area contributed by atoms with Crippen LogP contribution in [-0.2, 0) is 14.8 Å². The molecule has 0 saturated carbocycles. The number of hydrogen-bond acceptors (Lipinski definition) is 3. The lowest BCUT2D eigenvalue weighted by Crippen LogP contribution is -2.40. The van der Waals surface area contributed by atoms with Gasteiger partial charge in [-0.25, -0.2) is 13.1 Å². The first kappa shape index (κ1) is 9.95. The van der Waals surface area contributed by atoms with E-state index in [9.17, 15) is 8.42 Å². The molecule has 0 spiro atoms. The summed E-state index contributed by atoms with van der Waals surface area (Å²) in [5, 5.41) is 0. The molecule has 0 aromatic carbocycles. The maximum atomic E-state index is 10.8. The maximum absolute atomic E-state index is 10.8. The van der Waals surface area contributed by atoms with Crippen molar-refractivity contribution in [2.24, 2.45) is 0 Å². The van der Waals surface area contributed by atoms with Crippen molar-refractivity contribution < 1.29 is 13.2 Å². The summed E-state index contributed by atoms with van der Waals surface area (Å²) >= 11 is 0.